The predicted octanol–water partition coefficient (Wildman–Crippen LogP) is 3.17. The molecule has 110 valence electrons. The van der Waals surface area contributed by atoms with Crippen molar-refractivity contribution < 1.29 is 0 Å². The number of unbranched alkanes of at least 4 members (excludes halogenated alkanes) is 1. The molecule has 0 heterocycles. The number of nitrogens with zero attached hydrogens (tertiary/aromatic N) is 2. The van der Waals surface area contributed by atoms with Crippen LogP contribution in [0.5, 0.6) is 0 Å². The molecule has 0 bridgehead atoms. The van der Waals surface area contributed by atoms with Gasteiger partial charge in [-0.25, -0.2) is 0 Å². The summed E-state index contributed by atoms with van der Waals surface area (Å²) in [5.41, 5.74) is -0.330. The SMILES string of the molecule is CCCNC(C)(C#N)CCCCN(CC)CC1CC1. The molecule has 1 unspecified atom stereocenters. The molecular weight excluding hydrogens is 234 g/mol. The Morgan fingerprint density at radius 2 is 2.05 bits per heavy atom. The van der Waals surface area contributed by atoms with Crippen molar-refractivity contribution in [3.8, 4) is 6.07 Å². The van der Waals surface area contributed by atoms with Crippen molar-refractivity contribution in [1.29, 1.82) is 5.26 Å². The van der Waals surface area contributed by atoms with Crippen LogP contribution in [0.4, 0.5) is 0 Å². The Labute approximate surface area is 119 Å². The van der Waals surface area contributed by atoms with E-state index < -0.39 is 0 Å². The molecule has 19 heavy (non-hydrogen) atoms. The zero-order valence-electron chi connectivity index (χ0n) is 13.0. The highest BCUT2D eigenvalue weighted by Crippen LogP contribution is 2.29. The van der Waals surface area contributed by atoms with Crippen LogP contribution in [-0.2, 0) is 0 Å². The number of nitrogens with one attached hydrogen (secondary N) is 1. The monoisotopic (exact) mass is 265 g/mol. The van der Waals surface area contributed by atoms with Crippen LogP contribution in [0, 0.1) is 17.2 Å². The van der Waals surface area contributed by atoms with Crippen LogP contribution in [-0.4, -0.2) is 36.6 Å². The highest BCUT2D eigenvalue weighted by Gasteiger charge is 2.24. The van der Waals surface area contributed by atoms with Gasteiger partial charge in [0.1, 0.15) is 5.54 Å². The van der Waals surface area contributed by atoms with Gasteiger partial charge in [-0.05, 0) is 71.0 Å². The molecule has 1 atom stereocenters. The van der Waals surface area contributed by atoms with Crippen LogP contribution in [0.2, 0.25) is 0 Å². The van der Waals surface area contributed by atoms with E-state index in [1.54, 1.807) is 0 Å². The van der Waals surface area contributed by atoms with Crippen LogP contribution >= 0.6 is 0 Å². The lowest BCUT2D eigenvalue weighted by atomic mass is 9.96. The third-order valence-electron chi connectivity index (χ3n) is 4.07. The summed E-state index contributed by atoms with van der Waals surface area (Å²) in [6.45, 7) is 11.0. The first kappa shape index (κ1) is 16.5. The maximum atomic E-state index is 9.27. The average molecular weight is 265 g/mol. The normalized spacial score (nSPS) is 18.3. The minimum Gasteiger partial charge on any atom is -0.303 e. The molecule has 3 nitrogen and oxygen atoms in total. The van der Waals surface area contributed by atoms with Gasteiger partial charge >= 0.3 is 0 Å². The number of hydrogen-bond acceptors (Lipinski definition) is 3. The molecule has 1 N–H and O–H groups in total. The first-order valence-electron chi connectivity index (χ1n) is 8.02. The summed E-state index contributed by atoms with van der Waals surface area (Å²) in [6.07, 6.45) is 7.27. The third-order valence-corrected chi connectivity index (χ3v) is 4.07. The van der Waals surface area contributed by atoms with Crippen molar-refractivity contribution in [3.63, 3.8) is 0 Å². The molecule has 1 fully saturated rings. The maximum absolute atomic E-state index is 9.27. The fraction of sp³-hybridized carbons (Fsp3) is 0.938. The summed E-state index contributed by atoms with van der Waals surface area (Å²) >= 11 is 0. The largest absolute Gasteiger partial charge is 0.303 e. The fourth-order valence-corrected chi connectivity index (χ4v) is 2.44. The molecule has 1 aliphatic rings. The zero-order chi connectivity index (χ0) is 14.1. The second-order valence-corrected chi connectivity index (χ2v) is 6.16. The molecule has 1 rings (SSSR count). The Morgan fingerprint density at radius 1 is 1.32 bits per heavy atom. The second-order valence-electron chi connectivity index (χ2n) is 6.16. The second kappa shape index (κ2) is 8.55. The number of rotatable bonds is 11. The van der Waals surface area contributed by atoms with Crippen LogP contribution in [0.3, 0.4) is 0 Å². The van der Waals surface area contributed by atoms with Gasteiger partial charge in [0.25, 0.3) is 0 Å². The summed E-state index contributed by atoms with van der Waals surface area (Å²) in [4.78, 5) is 2.57. The van der Waals surface area contributed by atoms with Crippen LogP contribution < -0.4 is 5.32 Å². The van der Waals surface area contributed by atoms with E-state index >= 15 is 0 Å². The van der Waals surface area contributed by atoms with Crippen molar-refractivity contribution in [1.82, 2.24) is 10.2 Å². The van der Waals surface area contributed by atoms with Crippen molar-refractivity contribution >= 4 is 0 Å². The van der Waals surface area contributed by atoms with Gasteiger partial charge in [-0.2, -0.15) is 5.26 Å². The first-order valence-corrected chi connectivity index (χ1v) is 8.02. The van der Waals surface area contributed by atoms with Gasteiger partial charge in [0.05, 0.1) is 6.07 Å². The highest BCUT2D eigenvalue weighted by molar-refractivity contribution is 5.03. The van der Waals surface area contributed by atoms with E-state index in [9.17, 15) is 5.26 Å². The molecule has 0 aromatic carbocycles. The molecule has 3 heteroatoms. The summed E-state index contributed by atoms with van der Waals surface area (Å²) in [6, 6.07) is 2.43. The van der Waals surface area contributed by atoms with E-state index in [1.807, 2.05) is 6.92 Å². The molecule has 0 aromatic rings. The Bertz CT molecular complexity index is 280. The third kappa shape index (κ3) is 6.94. The average Bonchev–Trinajstić information content (AvgIpc) is 3.24. The molecule has 0 aliphatic heterocycles. The Hall–Kier alpha value is -0.590. The van der Waals surface area contributed by atoms with Gasteiger partial charge in [0.2, 0.25) is 0 Å². The first-order chi connectivity index (χ1) is 9.13. The Balaban J connectivity index is 2.14. The van der Waals surface area contributed by atoms with Crippen molar-refractivity contribution in [2.75, 3.05) is 26.2 Å². The Morgan fingerprint density at radius 3 is 2.58 bits per heavy atom. The zero-order valence-corrected chi connectivity index (χ0v) is 13.0. The lowest BCUT2D eigenvalue weighted by Gasteiger charge is -2.24. The lowest BCUT2D eigenvalue weighted by molar-refractivity contribution is 0.265. The van der Waals surface area contributed by atoms with E-state index in [2.05, 4.69) is 30.1 Å². The molecule has 1 saturated carbocycles. The van der Waals surface area contributed by atoms with Gasteiger partial charge in [-0.3, -0.25) is 5.32 Å². The molecule has 0 radical (unpaired) electrons. The maximum Gasteiger partial charge on any atom is 0.103 e. The fourth-order valence-electron chi connectivity index (χ4n) is 2.44. The van der Waals surface area contributed by atoms with Crippen molar-refractivity contribution in [2.45, 2.75) is 64.8 Å². The quantitative estimate of drug-likeness (QED) is 0.583. The van der Waals surface area contributed by atoms with Crippen LogP contribution in [0.15, 0.2) is 0 Å². The number of hydrogen-bond donors (Lipinski definition) is 1. The molecule has 0 amide bonds. The number of nitriles is 1. The lowest BCUT2D eigenvalue weighted by Crippen LogP contribution is -2.41. The summed E-state index contributed by atoms with van der Waals surface area (Å²) in [5, 5.41) is 12.6. The van der Waals surface area contributed by atoms with Gasteiger partial charge in [0, 0.05) is 6.54 Å². The molecule has 0 spiro atoms. The predicted molar refractivity (Wildman–Crippen MR) is 81.0 cm³/mol. The molecule has 1 aliphatic carbocycles. The summed E-state index contributed by atoms with van der Waals surface area (Å²) in [7, 11) is 0. The van der Waals surface area contributed by atoms with E-state index in [-0.39, 0.29) is 5.54 Å². The minimum absolute atomic E-state index is 0.330. The van der Waals surface area contributed by atoms with Crippen molar-refractivity contribution in [3.05, 3.63) is 0 Å². The van der Waals surface area contributed by atoms with Gasteiger partial charge in [-0.1, -0.05) is 13.8 Å². The molecule has 0 saturated heterocycles. The topological polar surface area (TPSA) is 39.1 Å². The molecule has 0 aromatic heterocycles. The van der Waals surface area contributed by atoms with Gasteiger partial charge < -0.3 is 4.90 Å². The smallest absolute Gasteiger partial charge is 0.103 e. The molecular formula is C16H31N3. The van der Waals surface area contributed by atoms with E-state index in [1.165, 1.54) is 38.9 Å². The summed E-state index contributed by atoms with van der Waals surface area (Å²) in [5.74, 6) is 0.982. The highest BCUT2D eigenvalue weighted by atomic mass is 15.1. The van der Waals surface area contributed by atoms with Crippen molar-refractivity contribution in [2.24, 2.45) is 5.92 Å². The standard InChI is InChI=1S/C16H31N3/c1-4-11-18-16(3,14-17)10-6-7-12-19(5-2)13-15-8-9-15/h15,18H,4-13H2,1-3H3. The minimum atomic E-state index is -0.330. The van der Waals surface area contributed by atoms with Crippen LogP contribution in [0.1, 0.15) is 59.3 Å². The van der Waals surface area contributed by atoms with E-state index in [0.717, 1.165) is 31.7 Å². The van der Waals surface area contributed by atoms with Crippen LogP contribution in [0.25, 0.3) is 0 Å². The van der Waals surface area contributed by atoms with Gasteiger partial charge in [-0.15, -0.1) is 0 Å². The van der Waals surface area contributed by atoms with E-state index in [0.29, 0.717) is 0 Å². The van der Waals surface area contributed by atoms with Gasteiger partial charge in [0.15, 0.2) is 0 Å². The van der Waals surface area contributed by atoms with E-state index in [4.69, 9.17) is 0 Å². The Kier molecular flexibility index (Phi) is 7.41. The summed E-state index contributed by atoms with van der Waals surface area (Å²) < 4.78 is 0.